The van der Waals surface area contributed by atoms with Gasteiger partial charge in [-0.15, -0.1) is 0 Å². The first-order chi connectivity index (χ1) is 10.6. The van der Waals surface area contributed by atoms with Gasteiger partial charge in [0.15, 0.2) is 0 Å². The van der Waals surface area contributed by atoms with Crippen LogP contribution in [0.3, 0.4) is 0 Å². The Balaban J connectivity index is 2.02. The van der Waals surface area contributed by atoms with Crippen LogP contribution in [0.4, 0.5) is 5.69 Å². The third kappa shape index (κ3) is 2.50. The summed E-state index contributed by atoms with van der Waals surface area (Å²) >= 11 is 0. The predicted molar refractivity (Wildman–Crippen MR) is 80.9 cm³/mol. The fourth-order valence-electron chi connectivity index (χ4n) is 2.62. The molecule has 1 fully saturated rings. The maximum atomic E-state index is 12.3. The molecule has 1 saturated heterocycles. The molecule has 1 aromatic heterocycles. The van der Waals surface area contributed by atoms with E-state index < -0.39 is 5.91 Å². The van der Waals surface area contributed by atoms with E-state index in [-0.39, 0.29) is 17.7 Å². The van der Waals surface area contributed by atoms with Crippen molar-refractivity contribution in [1.29, 1.82) is 0 Å². The van der Waals surface area contributed by atoms with Crippen LogP contribution < -0.4 is 21.1 Å². The molecule has 2 amide bonds. The van der Waals surface area contributed by atoms with Crippen LogP contribution in [-0.2, 0) is 4.79 Å². The molecule has 7 heteroatoms. The van der Waals surface area contributed by atoms with Gasteiger partial charge in [-0.3, -0.25) is 9.59 Å². The van der Waals surface area contributed by atoms with E-state index in [4.69, 9.17) is 14.9 Å². The zero-order valence-corrected chi connectivity index (χ0v) is 12.1. The minimum Gasteiger partial charge on any atom is -0.497 e. The SMILES string of the molecule is COc1ccc2oc(C(N)=O)c(NC(=O)[C@@H]3CCCN3)c2c1. The Bertz CT molecular complexity index is 732. The normalized spacial score (nSPS) is 17.6. The number of hydrogen-bond acceptors (Lipinski definition) is 5. The zero-order valence-electron chi connectivity index (χ0n) is 12.1. The highest BCUT2D eigenvalue weighted by Crippen LogP contribution is 2.33. The number of carbonyl (C=O) groups excluding carboxylic acids is 2. The van der Waals surface area contributed by atoms with Crippen molar-refractivity contribution in [1.82, 2.24) is 5.32 Å². The summed E-state index contributed by atoms with van der Waals surface area (Å²) in [5, 5.41) is 6.44. The Labute approximate surface area is 126 Å². The van der Waals surface area contributed by atoms with E-state index in [2.05, 4.69) is 10.6 Å². The number of hydrogen-bond donors (Lipinski definition) is 3. The van der Waals surface area contributed by atoms with Gasteiger partial charge in [0.05, 0.1) is 13.2 Å². The highest BCUT2D eigenvalue weighted by atomic mass is 16.5. The Kier molecular flexibility index (Phi) is 3.72. The fraction of sp³-hybridized carbons (Fsp3) is 0.333. The number of carbonyl (C=O) groups is 2. The highest BCUT2D eigenvalue weighted by molar-refractivity contribution is 6.11. The number of anilines is 1. The molecular formula is C15H17N3O4. The summed E-state index contributed by atoms with van der Waals surface area (Å²) < 4.78 is 10.6. The molecule has 116 valence electrons. The first kappa shape index (κ1) is 14.4. The van der Waals surface area contributed by atoms with E-state index in [9.17, 15) is 9.59 Å². The Hall–Kier alpha value is -2.54. The largest absolute Gasteiger partial charge is 0.497 e. The number of fused-ring (bicyclic) bond motifs is 1. The van der Waals surface area contributed by atoms with E-state index in [0.29, 0.717) is 22.4 Å². The van der Waals surface area contributed by atoms with Gasteiger partial charge < -0.3 is 25.5 Å². The summed E-state index contributed by atoms with van der Waals surface area (Å²) in [5.74, 6) is -0.399. The predicted octanol–water partition coefficient (Wildman–Crippen LogP) is 1.23. The molecule has 0 spiro atoms. The minimum absolute atomic E-state index is 0.0606. The number of benzene rings is 1. The van der Waals surface area contributed by atoms with Gasteiger partial charge in [0.2, 0.25) is 11.7 Å². The van der Waals surface area contributed by atoms with E-state index in [0.717, 1.165) is 19.4 Å². The van der Waals surface area contributed by atoms with Gasteiger partial charge in [0.1, 0.15) is 17.0 Å². The molecular weight excluding hydrogens is 286 g/mol. The van der Waals surface area contributed by atoms with Crippen molar-refractivity contribution in [3.63, 3.8) is 0 Å². The van der Waals surface area contributed by atoms with E-state index in [1.54, 1.807) is 18.2 Å². The molecule has 2 heterocycles. The molecule has 1 atom stereocenters. The number of primary amides is 1. The summed E-state index contributed by atoms with van der Waals surface area (Å²) in [5.41, 5.74) is 6.10. The van der Waals surface area contributed by atoms with Crippen molar-refractivity contribution in [3.8, 4) is 5.75 Å². The van der Waals surface area contributed by atoms with Gasteiger partial charge in [-0.1, -0.05) is 0 Å². The van der Waals surface area contributed by atoms with Crippen molar-refractivity contribution in [2.75, 3.05) is 19.0 Å². The Morgan fingerprint density at radius 3 is 2.91 bits per heavy atom. The first-order valence-corrected chi connectivity index (χ1v) is 7.04. The quantitative estimate of drug-likeness (QED) is 0.787. The molecule has 3 rings (SSSR count). The molecule has 1 aromatic carbocycles. The summed E-state index contributed by atoms with van der Waals surface area (Å²) in [6, 6.07) is 4.81. The van der Waals surface area contributed by atoms with Crippen LogP contribution in [-0.4, -0.2) is 31.5 Å². The molecule has 4 N–H and O–H groups in total. The number of ether oxygens (including phenoxy) is 1. The second-order valence-electron chi connectivity index (χ2n) is 5.17. The molecule has 0 unspecified atom stereocenters. The molecule has 0 saturated carbocycles. The van der Waals surface area contributed by atoms with E-state index in [1.807, 2.05) is 0 Å². The maximum absolute atomic E-state index is 12.3. The lowest BCUT2D eigenvalue weighted by Gasteiger charge is -2.11. The second kappa shape index (κ2) is 5.69. The maximum Gasteiger partial charge on any atom is 0.286 e. The van der Waals surface area contributed by atoms with E-state index in [1.165, 1.54) is 7.11 Å². The molecule has 1 aliphatic rings. The lowest BCUT2D eigenvalue weighted by Crippen LogP contribution is -2.35. The summed E-state index contributed by atoms with van der Waals surface area (Å²) in [7, 11) is 1.54. The van der Waals surface area contributed by atoms with Crippen LogP contribution in [0.25, 0.3) is 11.0 Å². The summed E-state index contributed by atoms with van der Waals surface area (Å²) in [6.45, 7) is 0.806. The summed E-state index contributed by atoms with van der Waals surface area (Å²) in [6.07, 6.45) is 1.71. The molecule has 0 radical (unpaired) electrons. The monoisotopic (exact) mass is 303 g/mol. The van der Waals surface area contributed by atoms with Crippen LogP contribution in [0.1, 0.15) is 23.4 Å². The molecule has 2 aromatic rings. The van der Waals surface area contributed by atoms with Crippen molar-refractivity contribution >= 4 is 28.5 Å². The fourth-order valence-corrected chi connectivity index (χ4v) is 2.62. The van der Waals surface area contributed by atoms with Crippen molar-refractivity contribution < 1.29 is 18.7 Å². The average molecular weight is 303 g/mol. The molecule has 22 heavy (non-hydrogen) atoms. The molecule has 1 aliphatic heterocycles. The number of nitrogens with one attached hydrogen (secondary N) is 2. The van der Waals surface area contributed by atoms with Gasteiger partial charge in [0.25, 0.3) is 5.91 Å². The van der Waals surface area contributed by atoms with E-state index >= 15 is 0 Å². The Morgan fingerprint density at radius 1 is 1.45 bits per heavy atom. The second-order valence-corrected chi connectivity index (χ2v) is 5.17. The standard InChI is InChI=1S/C15H17N3O4/c1-21-8-4-5-11-9(7-8)12(13(22-11)14(16)19)18-15(20)10-3-2-6-17-10/h4-5,7,10,17H,2-3,6H2,1H3,(H2,16,19)(H,18,20)/t10-/m0/s1. The van der Waals surface area contributed by atoms with Crippen LogP contribution >= 0.6 is 0 Å². The lowest BCUT2D eigenvalue weighted by molar-refractivity contribution is -0.117. The minimum atomic E-state index is -0.732. The van der Waals surface area contributed by atoms with Crippen molar-refractivity contribution in [2.24, 2.45) is 5.73 Å². The van der Waals surface area contributed by atoms with Gasteiger partial charge in [-0.05, 0) is 37.6 Å². The zero-order chi connectivity index (χ0) is 15.7. The summed E-state index contributed by atoms with van der Waals surface area (Å²) in [4.78, 5) is 23.9. The number of nitrogens with two attached hydrogens (primary N) is 1. The molecule has 7 nitrogen and oxygen atoms in total. The van der Waals surface area contributed by atoms with Gasteiger partial charge in [-0.2, -0.15) is 0 Å². The van der Waals surface area contributed by atoms with Crippen LogP contribution in [0.5, 0.6) is 5.75 Å². The van der Waals surface area contributed by atoms with Crippen molar-refractivity contribution in [3.05, 3.63) is 24.0 Å². The lowest BCUT2D eigenvalue weighted by atomic mass is 10.1. The van der Waals surface area contributed by atoms with Crippen LogP contribution in [0.2, 0.25) is 0 Å². The molecule has 0 aliphatic carbocycles. The number of methoxy groups -OCH3 is 1. The Morgan fingerprint density at radius 2 is 2.27 bits per heavy atom. The topological polar surface area (TPSA) is 107 Å². The van der Waals surface area contributed by atoms with Crippen molar-refractivity contribution in [2.45, 2.75) is 18.9 Å². The number of furan rings is 1. The van der Waals surface area contributed by atoms with Crippen LogP contribution in [0, 0.1) is 0 Å². The highest BCUT2D eigenvalue weighted by Gasteiger charge is 2.26. The average Bonchev–Trinajstić information content (AvgIpc) is 3.14. The van der Waals surface area contributed by atoms with Crippen LogP contribution in [0.15, 0.2) is 22.6 Å². The van der Waals surface area contributed by atoms with Gasteiger partial charge in [0, 0.05) is 5.39 Å². The molecule has 0 bridgehead atoms. The van der Waals surface area contributed by atoms with Gasteiger partial charge in [-0.25, -0.2) is 0 Å². The van der Waals surface area contributed by atoms with Gasteiger partial charge >= 0.3 is 0 Å². The smallest absolute Gasteiger partial charge is 0.286 e. The third-order valence-electron chi connectivity index (χ3n) is 3.74. The third-order valence-corrected chi connectivity index (χ3v) is 3.74. The number of rotatable bonds is 4. The number of amides is 2. The first-order valence-electron chi connectivity index (χ1n) is 7.04.